The maximum Gasteiger partial charge on any atom is 0.192 e. The van der Waals surface area contributed by atoms with Crippen molar-refractivity contribution in [1.82, 2.24) is 0 Å². The first kappa shape index (κ1) is 16.1. The van der Waals surface area contributed by atoms with Crippen LogP contribution < -0.4 is 4.74 Å². The minimum absolute atomic E-state index is 0.219. The molecule has 114 valence electrons. The number of fused-ring (bicyclic) bond motifs is 1. The van der Waals surface area contributed by atoms with Crippen molar-refractivity contribution in [3.05, 3.63) is 42.0 Å². The van der Waals surface area contributed by atoms with Gasteiger partial charge in [-0.3, -0.25) is 0 Å². The zero-order valence-corrected chi connectivity index (χ0v) is 15.0. The summed E-state index contributed by atoms with van der Waals surface area (Å²) in [5.41, 5.74) is 1.13. The predicted octanol–water partition coefficient (Wildman–Crippen LogP) is 5.37. The van der Waals surface area contributed by atoms with Crippen LogP contribution in [0.15, 0.2) is 36.4 Å². The fourth-order valence-corrected chi connectivity index (χ4v) is 2.99. The van der Waals surface area contributed by atoms with Crippen molar-refractivity contribution in [1.29, 1.82) is 0 Å². The lowest BCUT2D eigenvalue weighted by Gasteiger charge is -2.36. The van der Waals surface area contributed by atoms with Gasteiger partial charge in [-0.15, -0.1) is 0 Å². The molecular formula is C18H26O2Si. The van der Waals surface area contributed by atoms with Crippen molar-refractivity contribution in [2.24, 2.45) is 0 Å². The topological polar surface area (TPSA) is 18.5 Å². The summed E-state index contributed by atoms with van der Waals surface area (Å²) in [5, 5.41) is 2.65. The monoisotopic (exact) mass is 302 g/mol. The average Bonchev–Trinajstić information content (AvgIpc) is 2.42. The third-order valence-electron chi connectivity index (χ3n) is 4.54. The molecule has 0 aliphatic carbocycles. The Balaban J connectivity index is 2.29. The molecule has 0 bridgehead atoms. The van der Waals surface area contributed by atoms with Gasteiger partial charge >= 0.3 is 0 Å². The van der Waals surface area contributed by atoms with Crippen LogP contribution in [0.3, 0.4) is 0 Å². The second-order valence-electron chi connectivity index (χ2n) is 7.06. The number of benzene rings is 2. The number of hydrogen-bond donors (Lipinski definition) is 0. The van der Waals surface area contributed by atoms with Crippen LogP contribution in [0.2, 0.25) is 18.1 Å². The molecule has 0 N–H and O–H groups in total. The highest BCUT2D eigenvalue weighted by Gasteiger charge is 2.37. The average molecular weight is 302 g/mol. The SMILES string of the molecule is COc1cc2ccccc2cc1CO[Si](C)(C)C(C)(C)C. The van der Waals surface area contributed by atoms with E-state index in [2.05, 4.69) is 64.2 Å². The molecule has 0 spiro atoms. The molecule has 2 aromatic carbocycles. The van der Waals surface area contributed by atoms with Gasteiger partial charge in [0.15, 0.2) is 8.32 Å². The van der Waals surface area contributed by atoms with Gasteiger partial charge in [-0.05, 0) is 41.0 Å². The molecule has 0 heterocycles. The molecule has 3 heteroatoms. The lowest BCUT2D eigenvalue weighted by molar-refractivity contribution is 0.270. The first-order chi connectivity index (χ1) is 9.74. The number of hydrogen-bond acceptors (Lipinski definition) is 2. The minimum Gasteiger partial charge on any atom is -0.496 e. The molecule has 0 aliphatic heterocycles. The van der Waals surface area contributed by atoms with E-state index in [9.17, 15) is 0 Å². The molecule has 0 unspecified atom stereocenters. The highest BCUT2D eigenvalue weighted by atomic mass is 28.4. The fraction of sp³-hybridized carbons (Fsp3) is 0.444. The molecule has 2 nitrogen and oxygen atoms in total. The van der Waals surface area contributed by atoms with E-state index >= 15 is 0 Å². The van der Waals surface area contributed by atoms with Gasteiger partial charge < -0.3 is 9.16 Å². The summed E-state index contributed by atoms with van der Waals surface area (Å²) in [5.74, 6) is 0.910. The zero-order chi connectivity index (χ0) is 15.7. The molecule has 0 saturated heterocycles. The van der Waals surface area contributed by atoms with Gasteiger partial charge in [0.05, 0.1) is 13.7 Å². The molecule has 2 rings (SSSR count). The van der Waals surface area contributed by atoms with Gasteiger partial charge in [0.25, 0.3) is 0 Å². The molecule has 0 aromatic heterocycles. The summed E-state index contributed by atoms with van der Waals surface area (Å²) in [6.45, 7) is 12.0. The second-order valence-corrected chi connectivity index (χ2v) is 11.9. The maximum atomic E-state index is 6.33. The number of ether oxygens (including phenoxy) is 1. The smallest absolute Gasteiger partial charge is 0.192 e. The Bertz CT molecular complexity index is 627. The summed E-state index contributed by atoms with van der Waals surface area (Å²) < 4.78 is 11.9. The van der Waals surface area contributed by atoms with Gasteiger partial charge in [0.2, 0.25) is 0 Å². The van der Waals surface area contributed by atoms with E-state index in [0.717, 1.165) is 11.3 Å². The maximum absolute atomic E-state index is 6.33. The lowest BCUT2D eigenvalue weighted by Crippen LogP contribution is -2.40. The van der Waals surface area contributed by atoms with Crippen molar-refractivity contribution < 1.29 is 9.16 Å². The van der Waals surface area contributed by atoms with Gasteiger partial charge in [-0.1, -0.05) is 45.0 Å². The standard InChI is InChI=1S/C18H26O2Si/c1-18(2,3)21(5,6)20-13-16-11-14-9-7-8-10-15(14)12-17(16)19-4/h7-12H,13H2,1-6H3. The third-order valence-corrected chi connectivity index (χ3v) is 9.02. The fourth-order valence-electron chi connectivity index (χ4n) is 2.04. The van der Waals surface area contributed by atoms with Gasteiger partial charge in [-0.2, -0.15) is 0 Å². The highest BCUT2D eigenvalue weighted by molar-refractivity contribution is 6.74. The quantitative estimate of drug-likeness (QED) is 0.707. The molecule has 2 aromatic rings. The van der Waals surface area contributed by atoms with Crippen molar-refractivity contribution in [2.75, 3.05) is 7.11 Å². The first-order valence-corrected chi connectivity index (χ1v) is 10.3. The van der Waals surface area contributed by atoms with Crippen molar-refractivity contribution >= 4 is 19.1 Å². The van der Waals surface area contributed by atoms with Crippen LogP contribution in [0.1, 0.15) is 26.3 Å². The van der Waals surface area contributed by atoms with Crippen LogP contribution in [-0.2, 0) is 11.0 Å². The summed E-state index contributed by atoms with van der Waals surface area (Å²) in [6.07, 6.45) is 0. The predicted molar refractivity (Wildman–Crippen MR) is 92.5 cm³/mol. The van der Waals surface area contributed by atoms with Crippen LogP contribution >= 0.6 is 0 Å². The Kier molecular flexibility index (Phi) is 4.45. The van der Waals surface area contributed by atoms with Gasteiger partial charge in [-0.25, -0.2) is 0 Å². The third kappa shape index (κ3) is 3.47. The minimum atomic E-state index is -1.75. The van der Waals surface area contributed by atoms with E-state index < -0.39 is 8.32 Å². The molecule has 21 heavy (non-hydrogen) atoms. The summed E-state index contributed by atoms with van der Waals surface area (Å²) in [7, 11) is -0.0243. The molecule has 0 saturated carbocycles. The molecule has 0 aliphatic rings. The normalized spacial score (nSPS) is 12.7. The van der Waals surface area contributed by atoms with Gasteiger partial charge in [0.1, 0.15) is 5.75 Å². The Labute approximate surface area is 129 Å². The van der Waals surface area contributed by atoms with Crippen LogP contribution in [0.4, 0.5) is 0 Å². The van der Waals surface area contributed by atoms with E-state index in [-0.39, 0.29) is 5.04 Å². The molecule has 0 atom stereocenters. The lowest BCUT2D eigenvalue weighted by atomic mass is 10.1. The van der Waals surface area contributed by atoms with Crippen molar-refractivity contribution in [3.8, 4) is 5.75 Å². The zero-order valence-electron chi connectivity index (χ0n) is 14.0. The van der Waals surface area contributed by atoms with Crippen molar-refractivity contribution in [3.63, 3.8) is 0 Å². The van der Waals surface area contributed by atoms with E-state index in [0.29, 0.717) is 6.61 Å². The van der Waals surface area contributed by atoms with Crippen LogP contribution in [0.5, 0.6) is 5.75 Å². The molecular weight excluding hydrogens is 276 g/mol. The first-order valence-electron chi connectivity index (χ1n) is 7.44. The molecule has 0 amide bonds. The Morgan fingerprint density at radius 3 is 2.10 bits per heavy atom. The van der Waals surface area contributed by atoms with E-state index in [4.69, 9.17) is 9.16 Å². The molecule has 0 radical (unpaired) electrons. The van der Waals surface area contributed by atoms with Gasteiger partial charge in [0, 0.05) is 5.56 Å². The van der Waals surface area contributed by atoms with Crippen LogP contribution in [0, 0.1) is 0 Å². The Hall–Kier alpha value is -1.32. The second kappa shape index (κ2) is 5.82. The summed E-state index contributed by atoms with van der Waals surface area (Å²) in [6, 6.07) is 12.6. The largest absolute Gasteiger partial charge is 0.496 e. The summed E-state index contributed by atoms with van der Waals surface area (Å²) >= 11 is 0. The van der Waals surface area contributed by atoms with Crippen molar-refractivity contribution in [2.45, 2.75) is 45.5 Å². The Morgan fingerprint density at radius 1 is 1.00 bits per heavy atom. The van der Waals surface area contributed by atoms with Crippen LogP contribution in [-0.4, -0.2) is 15.4 Å². The van der Waals surface area contributed by atoms with E-state index in [1.807, 2.05) is 6.07 Å². The molecule has 0 fully saturated rings. The van der Waals surface area contributed by atoms with E-state index in [1.165, 1.54) is 10.8 Å². The Morgan fingerprint density at radius 2 is 1.57 bits per heavy atom. The number of methoxy groups -OCH3 is 1. The number of rotatable bonds is 4. The van der Waals surface area contributed by atoms with E-state index in [1.54, 1.807) is 7.11 Å². The highest BCUT2D eigenvalue weighted by Crippen LogP contribution is 2.38. The van der Waals surface area contributed by atoms with Crippen LogP contribution in [0.25, 0.3) is 10.8 Å². The summed E-state index contributed by atoms with van der Waals surface area (Å²) in [4.78, 5) is 0.